The maximum Gasteiger partial charge on any atom is 0.293 e. The molecule has 9 nitrogen and oxygen atoms in total. The van der Waals surface area contributed by atoms with Gasteiger partial charge in [0.15, 0.2) is 0 Å². The molecular weight excluding hydrogens is 454 g/mol. The normalized spacial score (nSPS) is 13.1. The fourth-order valence-electron chi connectivity index (χ4n) is 3.56. The number of morpholine rings is 1. The molecule has 0 aliphatic carbocycles. The van der Waals surface area contributed by atoms with Crippen LogP contribution in [0.2, 0.25) is 0 Å². The molecule has 0 spiro atoms. The minimum atomic E-state index is -0.174. The van der Waals surface area contributed by atoms with Crippen molar-refractivity contribution in [2.45, 2.75) is 6.92 Å². The Labute approximate surface area is 200 Å². The van der Waals surface area contributed by atoms with Gasteiger partial charge in [-0.1, -0.05) is 0 Å². The summed E-state index contributed by atoms with van der Waals surface area (Å²) >= 11 is 1.51. The zero-order valence-corrected chi connectivity index (χ0v) is 19.5. The van der Waals surface area contributed by atoms with Crippen molar-refractivity contribution in [3.63, 3.8) is 0 Å². The third-order valence-corrected chi connectivity index (χ3v) is 5.78. The van der Waals surface area contributed by atoms with Crippen molar-refractivity contribution in [2.75, 3.05) is 43.1 Å². The van der Waals surface area contributed by atoms with Gasteiger partial charge in [-0.3, -0.25) is 9.59 Å². The highest BCUT2D eigenvalue weighted by atomic mass is 32.1. The van der Waals surface area contributed by atoms with Crippen LogP contribution >= 0.6 is 11.3 Å². The fourth-order valence-corrected chi connectivity index (χ4v) is 4.10. The quantitative estimate of drug-likeness (QED) is 0.402. The largest absolute Gasteiger partial charge is 0.468 e. The molecule has 1 aromatic carbocycles. The van der Waals surface area contributed by atoms with E-state index in [0.717, 1.165) is 54.5 Å². The summed E-state index contributed by atoms with van der Waals surface area (Å²) in [6.07, 6.45) is 1.65. The number of carbonyl (C=O) groups is 1. The Balaban J connectivity index is 0.000000499. The maximum absolute atomic E-state index is 12.5. The highest BCUT2D eigenvalue weighted by molar-refractivity contribution is 7.07. The summed E-state index contributed by atoms with van der Waals surface area (Å²) in [5.74, 6) is 0.520. The standard InChI is InChI=1S/C21H19N5O2S.C3H6O2/c27-21-19-14(5-6-22-21)11-17(18-12-29-13-23-18)25-20(19)24-15-1-3-16(4-2-15)26-7-9-28-10-8-26;1-2-5-3-4/h1-6,11-13H,7-10H2,(H,22,27)(H,24,25);3H,2H2,1H3. The van der Waals surface area contributed by atoms with E-state index in [1.54, 1.807) is 18.6 Å². The van der Waals surface area contributed by atoms with Gasteiger partial charge in [0.1, 0.15) is 5.82 Å². The Morgan fingerprint density at radius 1 is 1.21 bits per heavy atom. The van der Waals surface area contributed by atoms with Gasteiger partial charge in [-0.05, 0) is 48.7 Å². The maximum atomic E-state index is 12.5. The summed E-state index contributed by atoms with van der Waals surface area (Å²) in [4.78, 5) is 35.8. The lowest BCUT2D eigenvalue weighted by Gasteiger charge is -2.28. The number of nitrogens with one attached hydrogen (secondary N) is 2. The molecule has 34 heavy (non-hydrogen) atoms. The molecule has 1 aliphatic heterocycles. The van der Waals surface area contributed by atoms with Gasteiger partial charge < -0.3 is 24.7 Å². The summed E-state index contributed by atoms with van der Waals surface area (Å²) in [6, 6.07) is 11.9. The van der Waals surface area contributed by atoms with Crippen molar-refractivity contribution in [1.29, 1.82) is 0 Å². The second-order valence-corrected chi connectivity index (χ2v) is 8.04. The summed E-state index contributed by atoms with van der Waals surface area (Å²) in [7, 11) is 0. The predicted octanol–water partition coefficient (Wildman–Crippen LogP) is 3.81. The number of benzene rings is 1. The molecule has 0 unspecified atom stereocenters. The van der Waals surface area contributed by atoms with Gasteiger partial charge in [-0.15, -0.1) is 11.3 Å². The van der Waals surface area contributed by atoms with Gasteiger partial charge in [0, 0.05) is 36.0 Å². The Kier molecular flexibility index (Phi) is 7.84. The number of H-pyrrole nitrogens is 1. The molecule has 2 N–H and O–H groups in total. The molecule has 4 heterocycles. The van der Waals surface area contributed by atoms with Crippen molar-refractivity contribution in [3.05, 3.63) is 63.8 Å². The van der Waals surface area contributed by atoms with Crippen LogP contribution in [0, 0.1) is 0 Å². The van der Waals surface area contributed by atoms with Crippen LogP contribution in [0.5, 0.6) is 0 Å². The van der Waals surface area contributed by atoms with E-state index >= 15 is 0 Å². The van der Waals surface area contributed by atoms with Crippen LogP contribution in [-0.2, 0) is 14.3 Å². The molecule has 176 valence electrons. The summed E-state index contributed by atoms with van der Waals surface area (Å²) in [5, 5.41) is 6.62. The van der Waals surface area contributed by atoms with E-state index in [1.807, 2.05) is 29.6 Å². The van der Waals surface area contributed by atoms with Gasteiger partial charge in [0.25, 0.3) is 12.0 Å². The minimum Gasteiger partial charge on any atom is -0.468 e. The molecule has 4 aromatic rings. The number of nitrogens with zero attached hydrogens (tertiary/aromatic N) is 3. The van der Waals surface area contributed by atoms with Crippen LogP contribution in [0.3, 0.4) is 0 Å². The van der Waals surface area contributed by atoms with Crippen LogP contribution in [0.4, 0.5) is 17.2 Å². The van der Waals surface area contributed by atoms with E-state index in [4.69, 9.17) is 9.72 Å². The number of hydrogen-bond acceptors (Lipinski definition) is 9. The smallest absolute Gasteiger partial charge is 0.293 e. The van der Waals surface area contributed by atoms with E-state index in [0.29, 0.717) is 24.3 Å². The van der Waals surface area contributed by atoms with Crippen LogP contribution < -0.4 is 15.8 Å². The Bertz CT molecular complexity index is 1270. The monoisotopic (exact) mass is 479 g/mol. The van der Waals surface area contributed by atoms with Gasteiger partial charge >= 0.3 is 0 Å². The second-order valence-electron chi connectivity index (χ2n) is 7.32. The van der Waals surface area contributed by atoms with Crippen molar-refractivity contribution in [2.24, 2.45) is 0 Å². The molecule has 0 saturated carbocycles. The molecule has 3 aromatic heterocycles. The molecule has 1 fully saturated rings. The third-order valence-electron chi connectivity index (χ3n) is 5.19. The SMILES string of the molecule is CCOC=O.O=c1[nH]ccc2cc(-c3cscn3)nc(Nc3ccc(N4CCOCC4)cc3)c12. The number of rotatable bonds is 6. The number of aromatic amines is 1. The molecule has 5 rings (SSSR count). The number of carbonyl (C=O) groups excluding carboxylic acids is 1. The van der Waals surface area contributed by atoms with Gasteiger partial charge in [0.05, 0.1) is 42.1 Å². The minimum absolute atomic E-state index is 0.174. The van der Waals surface area contributed by atoms with Crippen LogP contribution in [-0.4, -0.2) is 54.3 Å². The van der Waals surface area contributed by atoms with Gasteiger partial charge in [-0.2, -0.15) is 0 Å². The Morgan fingerprint density at radius 3 is 2.65 bits per heavy atom. The molecule has 0 amide bonds. The predicted molar refractivity (Wildman–Crippen MR) is 134 cm³/mol. The Morgan fingerprint density at radius 2 is 2.00 bits per heavy atom. The lowest BCUT2D eigenvalue weighted by atomic mass is 10.1. The first-order chi connectivity index (χ1) is 16.7. The number of anilines is 3. The van der Waals surface area contributed by atoms with Crippen LogP contribution in [0.1, 0.15) is 6.92 Å². The molecule has 1 aliphatic rings. The van der Waals surface area contributed by atoms with E-state index < -0.39 is 0 Å². The zero-order valence-electron chi connectivity index (χ0n) is 18.7. The van der Waals surface area contributed by atoms with E-state index in [1.165, 1.54) is 11.3 Å². The van der Waals surface area contributed by atoms with Gasteiger partial charge in [-0.25, -0.2) is 9.97 Å². The number of fused-ring (bicyclic) bond motifs is 1. The van der Waals surface area contributed by atoms with Crippen LogP contribution in [0.25, 0.3) is 22.2 Å². The van der Waals surface area contributed by atoms with Crippen molar-refractivity contribution < 1.29 is 14.3 Å². The lowest BCUT2D eigenvalue weighted by molar-refractivity contribution is -0.128. The van der Waals surface area contributed by atoms with E-state index in [9.17, 15) is 9.59 Å². The molecule has 0 radical (unpaired) electrons. The van der Waals surface area contributed by atoms with Crippen molar-refractivity contribution in [1.82, 2.24) is 15.0 Å². The summed E-state index contributed by atoms with van der Waals surface area (Å²) < 4.78 is 9.57. The second kappa shape index (κ2) is 11.4. The summed E-state index contributed by atoms with van der Waals surface area (Å²) in [6.45, 7) is 5.95. The molecule has 0 bridgehead atoms. The van der Waals surface area contributed by atoms with Gasteiger partial charge in [0.2, 0.25) is 0 Å². The number of aromatic nitrogens is 3. The topological polar surface area (TPSA) is 109 Å². The van der Waals surface area contributed by atoms with Crippen molar-refractivity contribution >= 4 is 45.8 Å². The highest BCUT2D eigenvalue weighted by Gasteiger charge is 2.14. The first-order valence-electron chi connectivity index (χ1n) is 10.9. The fraction of sp³-hybridized carbons (Fsp3) is 0.250. The van der Waals surface area contributed by atoms with E-state index in [-0.39, 0.29) is 5.56 Å². The molecule has 1 saturated heterocycles. The first-order valence-corrected chi connectivity index (χ1v) is 11.8. The lowest BCUT2D eigenvalue weighted by Crippen LogP contribution is -2.36. The third kappa shape index (κ3) is 5.59. The molecule has 10 heteroatoms. The number of ether oxygens (including phenoxy) is 2. The van der Waals surface area contributed by atoms with E-state index in [2.05, 4.69) is 37.1 Å². The molecular formula is C24H25N5O4S. The highest BCUT2D eigenvalue weighted by Crippen LogP contribution is 2.28. The average molecular weight is 480 g/mol. The summed E-state index contributed by atoms with van der Waals surface area (Å²) in [5.41, 5.74) is 5.16. The van der Waals surface area contributed by atoms with Crippen LogP contribution in [0.15, 0.2) is 58.3 Å². The average Bonchev–Trinajstić information content (AvgIpc) is 3.41. The number of hydrogen-bond donors (Lipinski definition) is 2. The molecule has 0 atom stereocenters. The zero-order chi connectivity index (χ0) is 23.8. The first kappa shape index (κ1) is 23.4. The Hall–Kier alpha value is -3.76. The number of thiazole rings is 1. The number of pyridine rings is 2. The van der Waals surface area contributed by atoms with Crippen molar-refractivity contribution in [3.8, 4) is 11.4 Å².